The second kappa shape index (κ2) is 7.06. The zero-order valence-corrected chi connectivity index (χ0v) is 8.58. The molecule has 1 rings (SSSR count). The number of alkyl halides is 1. The zero-order valence-electron chi connectivity index (χ0n) is 7.00. The molecule has 0 radical (unpaired) electrons. The smallest absolute Gasteiger partial charge is 0.213 e. The summed E-state index contributed by atoms with van der Waals surface area (Å²) < 4.78 is 0. The van der Waals surface area contributed by atoms with Gasteiger partial charge in [-0.25, -0.2) is 4.98 Å². The van der Waals surface area contributed by atoms with Crippen LogP contribution in [0.3, 0.4) is 0 Å². The lowest BCUT2D eigenvalue weighted by molar-refractivity contribution is -0.105. The Morgan fingerprint density at radius 1 is 1.83 bits per heavy atom. The number of nitrogens with one attached hydrogen (secondary N) is 1. The fraction of sp³-hybridized carbons (Fsp3) is 0.429. The number of carbonyl (C=O) groups excluding carboxylic acids is 1. The molecule has 3 nitrogen and oxygen atoms in total. The van der Waals surface area contributed by atoms with Crippen LogP contribution in [0.1, 0.15) is 12.6 Å². The minimum atomic E-state index is 0.623. The SMILES string of the molecule is CCCl.Cc1csc(NC=O)n1. The first kappa shape index (κ1) is 11.4. The Bertz CT molecular complexity index is 227. The summed E-state index contributed by atoms with van der Waals surface area (Å²) in [6.45, 7) is 3.77. The number of hydrogen-bond acceptors (Lipinski definition) is 3. The number of carbonyl (C=O) groups is 1. The lowest BCUT2D eigenvalue weighted by atomic mass is 10.6. The summed E-state index contributed by atoms with van der Waals surface area (Å²) in [7, 11) is 0. The number of anilines is 1. The summed E-state index contributed by atoms with van der Waals surface area (Å²) in [6, 6.07) is 0. The van der Waals surface area contributed by atoms with Crippen LogP contribution in [0.5, 0.6) is 0 Å². The molecule has 1 aromatic rings. The van der Waals surface area contributed by atoms with Gasteiger partial charge in [-0.1, -0.05) is 6.92 Å². The maximum absolute atomic E-state index is 9.84. The van der Waals surface area contributed by atoms with Crippen molar-refractivity contribution >= 4 is 34.5 Å². The Morgan fingerprint density at radius 2 is 2.42 bits per heavy atom. The van der Waals surface area contributed by atoms with Crippen LogP contribution in [0.2, 0.25) is 0 Å². The lowest BCUT2D eigenvalue weighted by Crippen LogP contribution is -1.91. The highest BCUT2D eigenvalue weighted by Gasteiger charge is 1.92. The molecule has 12 heavy (non-hydrogen) atoms. The van der Waals surface area contributed by atoms with Crippen LogP contribution in [0.15, 0.2) is 5.38 Å². The van der Waals surface area contributed by atoms with E-state index in [1.165, 1.54) is 11.3 Å². The maximum Gasteiger partial charge on any atom is 0.213 e. The number of halogens is 1. The van der Waals surface area contributed by atoms with Crippen molar-refractivity contribution in [3.63, 3.8) is 0 Å². The van der Waals surface area contributed by atoms with Crippen LogP contribution in [0, 0.1) is 6.92 Å². The van der Waals surface area contributed by atoms with Crippen LogP contribution in [-0.4, -0.2) is 17.3 Å². The number of amides is 1. The van der Waals surface area contributed by atoms with Crippen molar-refractivity contribution in [3.8, 4) is 0 Å². The molecule has 68 valence electrons. The van der Waals surface area contributed by atoms with Gasteiger partial charge in [0.2, 0.25) is 6.41 Å². The normalized spacial score (nSPS) is 8.25. The number of aryl methyl sites for hydroxylation is 1. The summed E-state index contributed by atoms with van der Waals surface area (Å²) in [4.78, 5) is 13.8. The molecular weight excluding hydrogens is 196 g/mol. The van der Waals surface area contributed by atoms with Crippen molar-refractivity contribution in [3.05, 3.63) is 11.1 Å². The van der Waals surface area contributed by atoms with Crippen LogP contribution < -0.4 is 5.32 Å². The summed E-state index contributed by atoms with van der Waals surface area (Å²) in [6.07, 6.45) is 0.623. The molecule has 5 heteroatoms. The molecular formula is C7H11ClN2OS. The summed E-state index contributed by atoms with van der Waals surface area (Å²) >= 11 is 6.42. The Kier molecular flexibility index (Phi) is 6.70. The van der Waals surface area contributed by atoms with Gasteiger partial charge in [-0.15, -0.1) is 22.9 Å². The van der Waals surface area contributed by atoms with E-state index in [1.54, 1.807) is 0 Å². The Labute approximate surface area is 80.8 Å². The third-order valence-corrected chi connectivity index (χ3v) is 1.69. The highest BCUT2D eigenvalue weighted by atomic mass is 35.5. The maximum atomic E-state index is 9.84. The highest BCUT2D eigenvalue weighted by Crippen LogP contribution is 2.12. The zero-order chi connectivity index (χ0) is 9.40. The van der Waals surface area contributed by atoms with E-state index in [4.69, 9.17) is 11.6 Å². The molecule has 0 bridgehead atoms. The van der Waals surface area contributed by atoms with E-state index in [9.17, 15) is 4.79 Å². The van der Waals surface area contributed by atoms with Crippen LogP contribution in [0.25, 0.3) is 0 Å². The van der Waals surface area contributed by atoms with Gasteiger partial charge in [-0.2, -0.15) is 0 Å². The molecule has 0 aliphatic rings. The van der Waals surface area contributed by atoms with Gasteiger partial charge in [0.05, 0.1) is 5.69 Å². The Balaban J connectivity index is 0.000000354. The van der Waals surface area contributed by atoms with Crippen LogP contribution in [0.4, 0.5) is 5.13 Å². The highest BCUT2D eigenvalue weighted by molar-refractivity contribution is 7.13. The van der Waals surface area contributed by atoms with Gasteiger partial charge in [-0.3, -0.25) is 4.79 Å². The molecule has 0 fully saturated rings. The molecule has 1 heterocycles. The third-order valence-electron chi connectivity index (χ3n) is 0.801. The second-order valence-corrected chi connectivity index (χ2v) is 3.22. The average molecular weight is 207 g/mol. The molecule has 0 saturated carbocycles. The molecule has 1 N–H and O–H groups in total. The predicted molar refractivity (Wildman–Crippen MR) is 52.9 cm³/mol. The van der Waals surface area contributed by atoms with E-state index in [1.807, 2.05) is 19.2 Å². The number of hydrogen-bond donors (Lipinski definition) is 1. The van der Waals surface area contributed by atoms with Gasteiger partial charge in [0.25, 0.3) is 0 Å². The van der Waals surface area contributed by atoms with E-state index in [-0.39, 0.29) is 0 Å². The van der Waals surface area contributed by atoms with Crippen LogP contribution in [-0.2, 0) is 4.79 Å². The van der Waals surface area contributed by atoms with Crippen molar-refractivity contribution in [2.75, 3.05) is 11.2 Å². The average Bonchev–Trinajstić information content (AvgIpc) is 2.38. The minimum absolute atomic E-state index is 0.623. The van der Waals surface area contributed by atoms with Gasteiger partial charge in [0, 0.05) is 11.3 Å². The lowest BCUT2D eigenvalue weighted by Gasteiger charge is -1.84. The number of nitrogens with zero attached hydrogens (tertiary/aromatic N) is 1. The van der Waals surface area contributed by atoms with Crippen molar-refractivity contribution in [2.24, 2.45) is 0 Å². The molecule has 1 aromatic heterocycles. The minimum Gasteiger partial charge on any atom is -0.305 e. The summed E-state index contributed by atoms with van der Waals surface area (Å²) in [5.74, 6) is 0.722. The number of thiazole rings is 1. The van der Waals surface area contributed by atoms with E-state index in [0.29, 0.717) is 11.5 Å². The quantitative estimate of drug-likeness (QED) is 0.596. The molecule has 0 aliphatic carbocycles. The Hall–Kier alpha value is -0.610. The monoisotopic (exact) mass is 206 g/mol. The predicted octanol–water partition coefficient (Wildman–Crippen LogP) is 2.26. The topological polar surface area (TPSA) is 42.0 Å². The van der Waals surface area contributed by atoms with Gasteiger partial charge in [-0.05, 0) is 6.92 Å². The molecule has 0 unspecified atom stereocenters. The first-order valence-electron chi connectivity index (χ1n) is 3.42. The number of aromatic nitrogens is 1. The molecule has 0 spiro atoms. The van der Waals surface area contributed by atoms with Crippen LogP contribution >= 0.6 is 22.9 Å². The van der Waals surface area contributed by atoms with E-state index >= 15 is 0 Å². The number of rotatable bonds is 2. The van der Waals surface area contributed by atoms with Gasteiger partial charge < -0.3 is 5.32 Å². The first-order valence-corrected chi connectivity index (χ1v) is 4.84. The van der Waals surface area contributed by atoms with Crippen molar-refractivity contribution in [2.45, 2.75) is 13.8 Å². The fourth-order valence-electron chi connectivity index (χ4n) is 0.471. The van der Waals surface area contributed by atoms with E-state index < -0.39 is 0 Å². The molecule has 1 amide bonds. The van der Waals surface area contributed by atoms with Gasteiger partial charge in [0.1, 0.15) is 0 Å². The van der Waals surface area contributed by atoms with Crippen molar-refractivity contribution in [1.82, 2.24) is 4.98 Å². The summed E-state index contributed by atoms with van der Waals surface area (Å²) in [5.41, 5.74) is 0.935. The largest absolute Gasteiger partial charge is 0.305 e. The molecule has 0 aliphatic heterocycles. The third kappa shape index (κ3) is 5.09. The van der Waals surface area contributed by atoms with Crippen molar-refractivity contribution in [1.29, 1.82) is 0 Å². The summed E-state index contributed by atoms with van der Waals surface area (Å²) in [5, 5.41) is 4.99. The standard InChI is InChI=1S/C5H6N2OS.C2H5Cl/c1-4-2-9-5(7-4)6-3-8;1-2-3/h2-3H,1H3,(H,6,7,8);2H2,1H3. The van der Waals surface area contributed by atoms with E-state index in [2.05, 4.69) is 10.3 Å². The van der Waals surface area contributed by atoms with Crippen molar-refractivity contribution < 1.29 is 4.79 Å². The van der Waals surface area contributed by atoms with Gasteiger partial charge in [0.15, 0.2) is 5.13 Å². The molecule has 0 atom stereocenters. The van der Waals surface area contributed by atoms with E-state index in [0.717, 1.165) is 11.6 Å². The fourth-order valence-corrected chi connectivity index (χ4v) is 1.12. The second-order valence-electron chi connectivity index (χ2n) is 1.82. The van der Waals surface area contributed by atoms with Gasteiger partial charge >= 0.3 is 0 Å². The first-order chi connectivity index (χ1) is 5.74. The Morgan fingerprint density at radius 3 is 2.75 bits per heavy atom. The molecule has 0 saturated heterocycles. The molecule has 0 aromatic carbocycles.